The van der Waals surface area contributed by atoms with Crippen molar-refractivity contribution in [2.75, 3.05) is 45.4 Å². The van der Waals surface area contributed by atoms with Crippen molar-refractivity contribution in [3.8, 4) is 0 Å². The molecular formula is C13H26O7S. The van der Waals surface area contributed by atoms with E-state index >= 15 is 0 Å². The fraction of sp³-hybridized carbons (Fsp3) is 0.923. The molecule has 0 aliphatic carbocycles. The van der Waals surface area contributed by atoms with Gasteiger partial charge in [-0.2, -0.15) is 0 Å². The first-order chi connectivity index (χ1) is 9.91. The number of carboxylic acids is 1. The molecule has 0 aliphatic rings. The number of hydrogen-bond donors (Lipinski definition) is 1. The van der Waals surface area contributed by atoms with Crippen LogP contribution in [0.1, 0.15) is 26.7 Å². The molecule has 0 spiro atoms. The van der Waals surface area contributed by atoms with E-state index in [2.05, 4.69) is 6.92 Å². The van der Waals surface area contributed by atoms with Crippen molar-refractivity contribution in [3.05, 3.63) is 0 Å². The van der Waals surface area contributed by atoms with Gasteiger partial charge in [0.05, 0.1) is 38.8 Å². The van der Waals surface area contributed by atoms with Crippen molar-refractivity contribution >= 4 is 15.8 Å². The smallest absolute Gasteiger partial charge is 0.321 e. The number of hydrogen-bond acceptors (Lipinski definition) is 6. The lowest BCUT2D eigenvalue weighted by Crippen LogP contribution is -2.30. The molecule has 0 aromatic heterocycles. The SMILES string of the molecule is CCCCOCCOCCOCCS(=O)(=O)C(C)C(=O)O. The molecule has 0 aliphatic heterocycles. The molecule has 0 fully saturated rings. The van der Waals surface area contributed by atoms with Gasteiger partial charge in [-0.25, -0.2) is 8.42 Å². The average Bonchev–Trinajstić information content (AvgIpc) is 2.43. The molecule has 8 heteroatoms. The van der Waals surface area contributed by atoms with Gasteiger partial charge < -0.3 is 19.3 Å². The molecule has 126 valence electrons. The molecule has 0 saturated carbocycles. The topological polar surface area (TPSA) is 99.1 Å². The van der Waals surface area contributed by atoms with Crippen molar-refractivity contribution in [2.24, 2.45) is 0 Å². The van der Waals surface area contributed by atoms with Gasteiger partial charge in [0.15, 0.2) is 15.1 Å². The monoisotopic (exact) mass is 326 g/mol. The summed E-state index contributed by atoms with van der Waals surface area (Å²) < 4.78 is 38.7. The van der Waals surface area contributed by atoms with E-state index in [0.717, 1.165) is 26.4 Å². The van der Waals surface area contributed by atoms with Crippen LogP contribution >= 0.6 is 0 Å². The zero-order chi connectivity index (χ0) is 16.1. The quantitative estimate of drug-likeness (QED) is 0.470. The van der Waals surface area contributed by atoms with Crippen LogP contribution in [0.4, 0.5) is 0 Å². The molecule has 0 saturated heterocycles. The molecule has 21 heavy (non-hydrogen) atoms. The van der Waals surface area contributed by atoms with E-state index in [4.69, 9.17) is 19.3 Å². The maximum Gasteiger partial charge on any atom is 0.321 e. The summed E-state index contributed by atoms with van der Waals surface area (Å²) in [6.07, 6.45) is 2.13. The Morgan fingerprint density at radius 1 is 1.00 bits per heavy atom. The Morgan fingerprint density at radius 3 is 1.95 bits per heavy atom. The number of carbonyl (C=O) groups is 1. The van der Waals surface area contributed by atoms with E-state index in [1.807, 2.05) is 0 Å². The highest BCUT2D eigenvalue weighted by Gasteiger charge is 2.26. The summed E-state index contributed by atoms with van der Waals surface area (Å²) in [5, 5.41) is 7.24. The lowest BCUT2D eigenvalue weighted by molar-refractivity contribution is -0.136. The summed E-state index contributed by atoms with van der Waals surface area (Å²) in [4.78, 5) is 10.6. The molecule has 0 aromatic rings. The van der Waals surface area contributed by atoms with E-state index in [0.29, 0.717) is 19.8 Å². The standard InChI is InChI=1S/C13H26O7S/c1-3-4-5-18-6-7-19-8-9-20-10-11-21(16,17)12(2)13(14)15/h12H,3-11H2,1-2H3,(H,14,15). The third-order valence-electron chi connectivity index (χ3n) is 2.78. The van der Waals surface area contributed by atoms with Gasteiger partial charge in [-0.15, -0.1) is 0 Å². The summed E-state index contributed by atoms with van der Waals surface area (Å²) >= 11 is 0. The van der Waals surface area contributed by atoms with Crippen LogP contribution in [0, 0.1) is 0 Å². The predicted molar refractivity (Wildman–Crippen MR) is 78.2 cm³/mol. The van der Waals surface area contributed by atoms with E-state index in [-0.39, 0.29) is 19.0 Å². The van der Waals surface area contributed by atoms with Crippen LogP contribution in [0.25, 0.3) is 0 Å². The first kappa shape index (κ1) is 20.3. The largest absolute Gasteiger partial charge is 0.480 e. The van der Waals surface area contributed by atoms with E-state index in [9.17, 15) is 13.2 Å². The molecule has 1 unspecified atom stereocenters. The van der Waals surface area contributed by atoms with Gasteiger partial charge in [-0.05, 0) is 13.3 Å². The first-order valence-corrected chi connectivity index (χ1v) is 8.81. The van der Waals surface area contributed by atoms with E-state index in [1.54, 1.807) is 0 Å². The highest BCUT2D eigenvalue weighted by atomic mass is 32.2. The number of ether oxygens (including phenoxy) is 3. The fourth-order valence-corrected chi connectivity index (χ4v) is 2.30. The Hall–Kier alpha value is -0.700. The fourth-order valence-electron chi connectivity index (χ4n) is 1.29. The van der Waals surface area contributed by atoms with Crippen molar-refractivity contribution in [1.82, 2.24) is 0 Å². The zero-order valence-electron chi connectivity index (χ0n) is 12.7. The molecule has 0 bridgehead atoms. The minimum Gasteiger partial charge on any atom is -0.480 e. The zero-order valence-corrected chi connectivity index (χ0v) is 13.6. The number of sulfone groups is 1. The lowest BCUT2D eigenvalue weighted by Gasteiger charge is -2.09. The van der Waals surface area contributed by atoms with Gasteiger partial charge in [-0.3, -0.25) is 4.79 Å². The summed E-state index contributed by atoms with van der Waals surface area (Å²) in [5.41, 5.74) is 0. The molecule has 7 nitrogen and oxygen atoms in total. The number of rotatable bonds is 14. The second-order valence-corrected chi connectivity index (χ2v) is 6.98. The lowest BCUT2D eigenvalue weighted by atomic mass is 10.4. The Kier molecular flexibility index (Phi) is 11.5. The third kappa shape index (κ3) is 10.6. The maximum absolute atomic E-state index is 11.5. The molecule has 0 aromatic carbocycles. The van der Waals surface area contributed by atoms with Crippen LogP contribution in [-0.4, -0.2) is 70.1 Å². The van der Waals surface area contributed by atoms with Crippen LogP contribution in [0.2, 0.25) is 0 Å². The highest BCUT2D eigenvalue weighted by molar-refractivity contribution is 7.92. The van der Waals surface area contributed by atoms with Crippen LogP contribution < -0.4 is 0 Å². The van der Waals surface area contributed by atoms with Crippen LogP contribution in [0.3, 0.4) is 0 Å². The minimum atomic E-state index is -3.66. The van der Waals surface area contributed by atoms with Crippen molar-refractivity contribution in [2.45, 2.75) is 31.9 Å². The predicted octanol–water partition coefficient (Wildman–Crippen LogP) is 0.724. The summed E-state index contributed by atoms with van der Waals surface area (Å²) in [6, 6.07) is 0. The molecule has 0 heterocycles. The summed E-state index contributed by atoms with van der Waals surface area (Å²) in [6.45, 7) is 5.57. The van der Waals surface area contributed by atoms with Crippen molar-refractivity contribution < 1.29 is 32.5 Å². The summed E-state index contributed by atoms with van der Waals surface area (Å²) in [7, 11) is -3.66. The van der Waals surface area contributed by atoms with Crippen LogP contribution in [0.15, 0.2) is 0 Å². The van der Waals surface area contributed by atoms with Crippen LogP contribution in [0.5, 0.6) is 0 Å². The number of aliphatic carboxylic acids is 1. The second kappa shape index (κ2) is 11.9. The Bertz CT molecular complexity index is 367. The van der Waals surface area contributed by atoms with E-state index < -0.39 is 21.1 Å². The molecule has 1 N–H and O–H groups in total. The maximum atomic E-state index is 11.5. The molecule has 0 rings (SSSR count). The first-order valence-electron chi connectivity index (χ1n) is 7.09. The third-order valence-corrected chi connectivity index (χ3v) is 4.80. The van der Waals surface area contributed by atoms with Gasteiger partial charge >= 0.3 is 5.97 Å². The van der Waals surface area contributed by atoms with Crippen LogP contribution in [-0.2, 0) is 28.8 Å². The number of carboxylic acid groups (broad SMARTS) is 1. The Balaban J connectivity index is 3.46. The molecule has 1 atom stereocenters. The minimum absolute atomic E-state index is 0.0314. The normalized spacial score (nSPS) is 13.2. The van der Waals surface area contributed by atoms with Gasteiger partial charge in [0.1, 0.15) is 0 Å². The van der Waals surface area contributed by atoms with E-state index in [1.165, 1.54) is 0 Å². The Labute approximate surface area is 126 Å². The van der Waals surface area contributed by atoms with Crippen molar-refractivity contribution in [3.63, 3.8) is 0 Å². The molecule has 0 radical (unpaired) electrons. The Morgan fingerprint density at radius 2 is 1.48 bits per heavy atom. The highest BCUT2D eigenvalue weighted by Crippen LogP contribution is 2.02. The molecular weight excluding hydrogens is 300 g/mol. The second-order valence-electron chi connectivity index (χ2n) is 4.54. The number of unbranched alkanes of at least 4 members (excludes halogenated alkanes) is 1. The van der Waals surface area contributed by atoms with Gasteiger partial charge in [0.25, 0.3) is 0 Å². The van der Waals surface area contributed by atoms with Gasteiger partial charge in [0, 0.05) is 6.61 Å². The molecule has 0 amide bonds. The summed E-state index contributed by atoms with van der Waals surface area (Å²) in [5.74, 6) is -1.65. The van der Waals surface area contributed by atoms with Gasteiger partial charge in [-0.1, -0.05) is 13.3 Å². The average molecular weight is 326 g/mol. The van der Waals surface area contributed by atoms with Gasteiger partial charge in [0.2, 0.25) is 0 Å². The van der Waals surface area contributed by atoms with Crippen molar-refractivity contribution in [1.29, 1.82) is 0 Å².